The Balaban J connectivity index is 1.39. The predicted octanol–water partition coefficient (Wildman–Crippen LogP) is 3.14. The molecule has 0 spiro atoms. The number of hydrogen-bond donors (Lipinski definition) is 3. The molecule has 9 nitrogen and oxygen atoms in total. The molecule has 0 aromatic heterocycles. The van der Waals surface area contributed by atoms with Crippen molar-refractivity contribution in [3.63, 3.8) is 0 Å². The van der Waals surface area contributed by atoms with Crippen LogP contribution in [0.2, 0.25) is 0 Å². The van der Waals surface area contributed by atoms with E-state index in [1.54, 1.807) is 4.90 Å². The highest BCUT2D eigenvalue weighted by atomic mass is 16.5. The van der Waals surface area contributed by atoms with E-state index < -0.39 is 24.1 Å². The SMILES string of the molecule is Cc1cc(CO[C@H](C)[C@H](CCC(N)=O)NC(=O)[C@@H]2Cc3cccc4c3N2C(=O)CCC4)ccc1CCCCC(N)=O. The number of carbonyl (C=O) groups is 4. The molecule has 2 aliphatic heterocycles. The van der Waals surface area contributed by atoms with Crippen LogP contribution in [0.5, 0.6) is 0 Å². The number of benzene rings is 2. The Kier molecular flexibility index (Phi) is 10.2. The van der Waals surface area contributed by atoms with Crippen molar-refractivity contribution in [1.29, 1.82) is 0 Å². The van der Waals surface area contributed by atoms with Crippen LogP contribution in [-0.2, 0) is 49.8 Å². The zero-order valence-electron chi connectivity index (χ0n) is 24.1. The lowest BCUT2D eigenvalue weighted by Crippen LogP contribution is -2.53. The largest absolute Gasteiger partial charge is 0.372 e. The van der Waals surface area contributed by atoms with Crippen molar-refractivity contribution in [3.05, 3.63) is 64.2 Å². The third-order valence-electron chi connectivity index (χ3n) is 8.21. The maximum Gasteiger partial charge on any atom is 0.243 e. The van der Waals surface area contributed by atoms with Crippen molar-refractivity contribution in [1.82, 2.24) is 5.32 Å². The average Bonchev–Trinajstić information content (AvgIpc) is 3.24. The van der Waals surface area contributed by atoms with E-state index in [0.29, 0.717) is 32.3 Å². The van der Waals surface area contributed by atoms with Gasteiger partial charge in [-0.15, -0.1) is 0 Å². The summed E-state index contributed by atoms with van der Waals surface area (Å²) in [7, 11) is 0. The van der Waals surface area contributed by atoms with E-state index in [4.69, 9.17) is 16.2 Å². The zero-order chi connectivity index (χ0) is 29.5. The molecule has 2 heterocycles. The van der Waals surface area contributed by atoms with Crippen molar-refractivity contribution in [2.45, 2.75) is 103 Å². The fourth-order valence-corrected chi connectivity index (χ4v) is 5.92. The molecule has 0 aliphatic carbocycles. The second-order valence-electron chi connectivity index (χ2n) is 11.3. The number of unbranched alkanes of at least 4 members (excludes halogenated alkanes) is 1. The molecule has 41 heavy (non-hydrogen) atoms. The molecular weight excluding hydrogens is 520 g/mol. The number of para-hydroxylation sites is 1. The van der Waals surface area contributed by atoms with Gasteiger partial charge in [-0.2, -0.15) is 0 Å². The summed E-state index contributed by atoms with van der Waals surface area (Å²) in [4.78, 5) is 50.9. The summed E-state index contributed by atoms with van der Waals surface area (Å²) in [5, 5.41) is 3.09. The van der Waals surface area contributed by atoms with E-state index in [0.717, 1.165) is 60.0 Å². The van der Waals surface area contributed by atoms with Gasteiger partial charge in [0.1, 0.15) is 6.04 Å². The maximum atomic E-state index is 13.6. The standard InChI is InChI=1S/C32H42N4O5/c1-20-17-22(13-14-23(20)7-3-4-11-28(33)37)19-41-21(2)26(15-16-29(34)38)35-32(40)27-18-25-10-5-8-24-9-6-12-30(39)36(27)31(24)25/h5,8,10,13-14,17,21,26-27H,3-4,6-7,9,11-12,15-16,18-19H2,1-2H3,(H2,33,37)(H2,34,38)(H,35,40)/t21-,26+,27+/m1/s1. The molecule has 0 unspecified atom stereocenters. The van der Waals surface area contributed by atoms with Crippen LogP contribution in [0.25, 0.3) is 0 Å². The first kappa shape index (κ1) is 30.2. The lowest BCUT2D eigenvalue weighted by molar-refractivity contribution is -0.128. The second-order valence-corrected chi connectivity index (χ2v) is 11.3. The van der Waals surface area contributed by atoms with E-state index in [9.17, 15) is 19.2 Å². The molecular formula is C32H42N4O5. The van der Waals surface area contributed by atoms with Crippen LogP contribution in [0.4, 0.5) is 5.69 Å². The van der Waals surface area contributed by atoms with Crippen molar-refractivity contribution in [2.24, 2.45) is 11.5 Å². The molecule has 2 aromatic carbocycles. The number of aryl methyl sites for hydroxylation is 3. The van der Waals surface area contributed by atoms with Crippen molar-refractivity contribution in [2.75, 3.05) is 4.90 Å². The fraction of sp³-hybridized carbons (Fsp3) is 0.500. The van der Waals surface area contributed by atoms with Crippen LogP contribution in [0, 0.1) is 6.92 Å². The average molecular weight is 563 g/mol. The Morgan fingerprint density at radius 1 is 1.05 bits per heavy atom. The minimum absolute atomic E-state index is 0.0291. The van der Waals surface area contributed by atoms with Gasteiger partial charge in [0.15, 0.2) is 0 Å². The van der Waals surface area contributed by atoms with Crippen molar-refractivity contribution in [3.8, 4) is 0 Å². The third-order valence-corrected chi connectivity index (χ3v) is 8.21. The van der Waals surface area contributed by atoms with E-state index in [1.807, 2.05) is 31.2 Å². The highest BCUT2D eigenvalue weighted by Gasteiger charge is 2.41. The Labute approximate surface area is 242 Å². The number of ether oxygens (including phenoxy) is 1. The fourth-order valence-electron chi connectivity index (χ4n) is 5.92. The van der Waals surface area contributed by atoms with E-state index in [1.165, 1.54) is 5.56 Å². The number of amides is 4. The number of hydrogen-bond acceptors (Lipinski definition) is 5. The Morgan fingerprint density at radius 3 is 2.54 bits per heavy atom. The van der Waals surface area contributed by atoms with Gasteiger partial charge in [0, 0.05) is 25.7 Å². The lowest BCUT2D eigenvalue weighted by Gasteiger charge is -2.29. The Bertz CT molecular complexity index is 1290. The van der Waals surface area contributed by atoms with Gasteiger partial charge in [-0.25, -0.2) is 0 Å². The Morgan fingerprint density at radius 2 is 1.80 bits per heavy atom. The van der Waals surface area contributed by atoms with Crippen LogP contribution < -0.4 is 21.7 Å². The summed E-state index contributed by atoms with van der Waals surface area (Å²) < 4.78 is 6.19. The highest BCUT2D eigenvalue weighted by molar-refractivity contribution is 6.04. The topological polar surface area (TPSA) is 145 Å². The molecule has 3 atom stereocenters. The van der Waals surface area contributed by atoms with Gasteiger partial charge in [-0.3, -0.25) is 24.1 Å². The first-order valence-corrected chi connectivity index (χ1v) is 14.6. The van der Waals surface area contributed by atoms with Crippen LogP contribution in [0.3, 0.4) is 0 Å². The quantitative estimate of drug-likeness (QED) is 0.303. The van der Waals surface area contributed by atoms with Gasteiger partial charge in [0.25, 0.3) is 0 Å². The van der Waals surface area contributed by atoms with Gasteiger partial charge in [0.2, 0.25) is 23.6 Å². The van der Waals surface area contributed by atoms with E-state index in [2.05, 4.69) is 24.4 Å². The van der Waals surface area contributed by atoms with Gasteiger partial charge >= 0.3 is 0 Å². The molecule has 2 aliphatic rings. The predicted molar refractivity (Wildman–Crippen MR) is 157 cm³/mol. The molecule has 0 fully saturated rings. The highest BCUT2D eigenvalue weighted by Crippen LogP contribution is 2.39. The van der Waals surface area contributed by atoms with Crippen LogP contribution >= 0.6 is 0 Å². The van der Waals surface area contributed by atoms with Gasteiger partial charge < -0.3 is 21.5 Å². The Hall–Kier alpha value is -3.72. The van der Waals surface area contributed by atoms with Crippen molar-refractivity contribution >= 4 is 29.3 Å². The molecule has 9 heteroatoms. The molecule has 5 N–H and O–H groups in total. The number of nitrogens with two attached hydrogens (primary N) is 2. The van der Waals surface area contributed by atoms with Gasteiger partial charge in [-0.05, 0) is 80.2 Å². The molecule has 2 aromatic rings. The lowest BCUT2D eigenvalue weighted by atomic mass is 10.00. The first-order valence-electron chi connectivity index (χ1n) is 14.6. The number of anilines is 1. The summed E-state index contributed by atoms with van der Waals surface area (Å²) in [6.45, 7) is 4.28. The molecule has 0 saturated heterocycles. The third kappa shape index (κ3) is 7.73. The summed E-state index contributed by atoms with van der Waals surface area (Å²) in [5.74, 6) is -0.993. The zero-order valence-corrected chi connectivity index (χ0v) is 24.1. The van der Waals surface area contributed by atoms with E-state index >= 15 is 0 Å². The van der Waals surface area contributed by atoms with E-state index in [-0.39, 0.29) is 24.1 Å². The minimum atomic E-state index is -0.627. The molecule has 0 bridgehead atoms. The molecule has 4 rings (SSSR count). The van der Waals surface area contributed by atoms with Crippen molar-refractivity contribution < 1.29 is 23.9 Å². The summed E-state index contributed by atoms with van der Waals surface area (Å²) in [6, 6.07) is 11.1. The van der Waals surface area contributed by atoms with Crippen LogP contribution in [0.1, 0.15) is 79.7 Å². The summed E-state index contributed by atoms with van der Waals surface area (Å²) in [5.41, 5.74) is 17.1. The number of nitrogens with one attached hydrogen (secondary N) is 1. The number of rotatable bonds is 14. The number of primary amides is 2. The molecule has 0 radical (unpaired) electrons. The summed E-state index contributed by atoms with van der Waals surface area (Å²) >= 11 is 0. The normalized spacial score (nSPS) is 17.5. The molecule has 220 valence electrons. The smallest absolute Gasteiger partial charge is 0.243 e. The molecule has 0 saturated carbocycles. The minimum Gasteiger partial charge on any atom is -0.372 e. The second kappa shape index (κ2) is 13.8. The maximum absolute atomic E-state index is 13.6. The molecule has 4 amide bonds. The number of nitrogens with zero attached hydrogens (tertiary/aromatic N) is 1. The monoisotopic (exact) mass is 562 g/mol. The van der Waals surface area contributed by atoms with Crippen LogP contribution in [-0.4, -0.2) is 41.8 Å². The van der Waals surface area contributed by atoms with Crippen LogP contribution in [0.15, 0.2) is 36.4 Å². The number of carbonyl (C=O) groups excluding carboxylic acids is 4. The van der Waals surface area contributed by atoms with Gasteiger partial charge in [0.05, 0.1) is 24.4 Å². The first-order chi connectivity index (χ1) is 19.6. The van der Waals surface area contributed by atoms with Gasteiger partial charge in [-0.1, -0.05) is 36.4 Å². The summed E-state index contributed by atoms with van der Waals surface area (Å²) in [6.07, 6.45) is 5.47.